The van der Waals surface area contributed by atoms with Crippen LogP contribution >= 0.6 is 15.9 Å². The minimum absolute atomic E-state index is 0.0589. The molecule has 0 spiro atoms. The van der Waals surface area contributed by atoms with E-state index in [-0.39, 0.29) is 28.8 Å². The van der Waals surface area contributed by atoms with E-state index in [1.807, 2.05) is 6.92 Å². The van der Waals surface area contributed by atoms with Gasteiger partial charge in [-0.1, -0.05) is 13.0 Å². The fourth-order valence-corrected chi connectivity index (χ4v) is 3.35. The summed E-state index contributed by atoms with van der Waals surface area (Å²) in [5.74, 6) is -0.136. The number of rotatable bonds is 4. The standard InChI is InChI=1S/C15H18BrNO4/c1-5-15(6-2)10(20-3)8-17-7-9(16)12(18)13(21-4)11(17)14(15)19/h5,7,10H,1,6,8H2,2-4H3. The lowest BCUT2D eigenvalue weighted by molar-refractivity contribution is -0.00406. The van der Waals surface area contributed by atoms with Crippen LogP contribution in [0.2, 0.25) is 0 Å². The molecule has 21 heavy (non-hydrogen) atoms. The first-order chi connectivity index (χ1) is 9.96. The summed E-state index contributed by atoms with van der Waals surface area (Å²) in [6.07, 6.45) is 3.44. The molecule has 1 aliphatic rings. The number of halogens is 1. The quantitative estimate of drug-likeness (QED) is 0.778. The van der Waals surface area contributed by atoms with Crippen LogP contribution in [0.3, 0.4) is 0 Å². The second-order valence-electron chi connectivity index (χ2n) is 4.99. The van der Waals surface area contributed by atoms with Crippen molar-refractivity contribution in [1.82, 2.24) is 4.57 Å². The Morgan fingerprint density at radius 1 is 1.52 bits per heavy atom. The van der Waals surface area contributed by atoms with Gasteiger partial charge in [0.1, 0.15) is 5.69 Å². The third kappa shape index (κ3) is 2.17. The summed E-state index contributed by atoms with van der Waals surface area (Å²) < 4.78 is 12.8. The number of nitrogens with zero attached hydrogens (tertiary/aromatic N) is 1. The van der Waals surface area contributed by atoms with E-state index in [2.05, 4.69) is 22.5 Å². The maximum atomic E-state index is 13.0. The minimum Gasteiger partial charge on any atom is -0.491 e. The van der Waals surface area contributed by atoms with Crippen LogP contribution in [-0.2, 0) is 11.3 Å². The third-order valence-electron chi connectivity index (χ3n) is 4.21. The Morgan fingerprint density at radius 2 is 2.19 bits per heavy atom. The molecule has 0 fully saturated rings. The van der Waals surface area contributed by atoms with Gasteiger partial charge in [-0.25, -0.2) is 0 Å². The van der Waals surface area contributed by atoms with E-state index in [9.17, 15) is 9.59 Å². The fourth-order valence-electron chi connectivity index (χ4n) is 2.92. The predicted octanol–water partition coefficient (Wildman–Crippen LogP) is 2.41. The molecule has 1 aromatic heterocycles. The second kappa shape index (κ2) is 5.77. The molecule has 2 rings (SSSR count). The first-order valence-electron chi connectivity index (χ1n) is 6.64. The summed E-state index contributed by atoms with van der Waals surface area (Å²) in [5, 5.41) is 0. The summed E-state index contributed by atoms with van der Waals surface area (Å²) in [6, 6.07) is 0. The van der Waals surface area contributed by atoms with Crippen LogP contribution in [0, 0.1) is 5.41 Å². The Labute approximate surface area is 131 Å². The summed E-state index contributed by atoms with van der Waals surface area (Å²) in [5.41, 5.74) is -0.898. The molecule has 6 heteroatoms. The number of Topliss-reactive ketones (excluding diaryl/α,β-unsaturated/α-hetero) is 1. The number of methoxy groups -OCH3 is 2. The second-order valence-corrected chi connectivity index (χ2v) is 5.85. The number of fused-ring (bicyclic) bond motifs is 1. The van der Waals surface area contributed by atoms with E-state index in [1.54, 1.807) is 23.9 Å². The van der Waals surface area contributed by atoms with Crippen LogP contribution in [0.25, 0.3) is 0 Å². The number of ether oxygens (including phenoxy) is 2. The zero-order valence-corrected chi connectivity index (χ0v) is 13.9. The highest BCUT2D eigenvalue weighted by molar-refractivity contribution is 9.10. The lowest BCUT2D eigenvalue weighted by Crippen LogP contribution is -2.50. The molecular formula is C15H18BrNO4. The fraction of sp³-hybridized carbons (Fsp3) is 0.467. The van der Waals surface area contributed by atoms with Crippen LogP contribution in [0.4, 0.5) is 0 Å². The summed E-state index contributed by atoms with van der Waals surface area (Å²) in [7, 11) is 2.97. The van der Waals surface area contributed by atoms with Crippen LogP contribution in [0.1, 0.15) is 23.8 Å². The van der Waals surface area contributed by atoms with Crippen molar-refractivity contribution in [2.75, 3.05) is 14.2 Å². The molecule has 2 unspecified atom stereocenters. The smallest absolute Gasteiger partial charge is 0.238 e. The Hall–Kier alpha value is -1.40. The minimum atomic E-state index is -0.845. The number of hydrogen-bond donors (Lipinski definition) is 0. The zero-order valence-electron chi connectivity index (χ0n) is 12.3. The topological polar surface area (TPSA) is 57.5 Å². The predicted molar refractivity (Wildman–Crippen MR) is 83.0 cm³/mol. The number of hydrogen-bond acceptors (Lipinski definition) is 4. The molecule has 5 nitrogen and oxygen atoms in total. The number of carbonyl (C=O) groups excluding carboxylic acids is 1. The number of aromatic nitrogens is 1. The van der Waals surface area contributed by atoms with Crippen LogP contribution < -0.4 is 10.2 Å². The van der Waals surface area contributed by atoms with Gasteiger partial charge in [0.25, 0.3) is 0 Å². The largest absolute Gasteiger partial charge is 0.491 e. The van der Waals surface area contributed by atoms with E-state index < -0.39 is 5.41 Å². The van der Waals surface area contributed by atoms with Gasteiger partial charge in [0.15, 0.2) is 11.5 Å². The van der Waals surface area contributed by atoms with Crippen molar-refractivity contribution >= 4 is 21.7 Å². The van der Waals surface area contributed by atoms with Gasteiger partial charge in [-0.15, -0.1) is 6.58 Å². The van der Waals surface area contributed by atoms with Gasteiger partial charge in [-0.2, -0.15) is 0 Å². The van der Waals surface area contributed by atoms with Gasteiger partial charge >= 0.3 is 0 Å². The third-order valence-corrected chi connectivity index (χ3v) is 4.77. The first kappa shape index (κ1) is 16.0. The van der Waals surface area contributed by atoms with Gasteiger partial charge in [0, 0.05) is 13.3 Å². The molecular weight excluding hydrogens is 338 g/mol. The molecule has 0 saturated heterocycles. The highest BCUT2D eigenvalue weighted by Gasteiger charge is 2.48. The molecule has 0 amide bonds. The molecule has 0 radical (unpaired) electrons. The van der Waals surface area contributed by atoms with Gasteiger partial charge in [-0.3, -0.25) is 9.59 Å². The van der Waals surface area contributed by atoms with Gasteiger partial charge in [-0.05, 0) is 22.4 Å². The van der Waals surface area contributed by atoms with E-state index in [0.29, 0.717) is 17.4 Å². The van der Waals surface area contributed by atoms with E-state index >= 15 is 0 Å². The molecule has 0 N–H and O–H groups in total. The van der Waals surface area contributed by atoms with E-state index in [0.717, 1.165) is 0 Å². The molecule has 0 aromatic carbocycles. The van der Waals surface area contributed by atoms with Crippen molar-refractivity contribution < 1.29 is 14.3 Å². The lowest BCUT2D eigenvalue weighted by Gasteiger charge is -2.40. The molecule has 1 aliphatic heterocycles. The summed E-state index contributed by atoms with van der Waals surface area (Å²) in [4.78, 5) is 25.2. The van der Waals surface area contributed by atoms with Crippen molar-refractivity contribution in [2.24, 2.45) is 5.41 Å². The van der Waals surface area contributed by atoms with Crippen molar-refractivity contribution in [3.63, 3.8) is 0 Å². The normalized spacial score (nSPS) is 24.6. The average molecular weight is 356 g/mol. The highest BCUT2D eigenvalue weighted by atomic mass is 79.9. The Kier molecular flexibility index (Phi) is 4.39. The number of ketones is 1. The summed E-state index contributed by atoms with van der Waals surface area (Å²) >= 11 is 3.20. The SMILES string of the molecule is C=CC1(CC)C(=O)c2c(OC)c(=O)c(Br)cn2CC1OC. The molecule has 0 aliphatic carbocycles. The van der Waals surface area contributed by atoms with E-state index in [1.165, 1.54) is 7.11 Å². The Morgan fingerprint density at radius 3 is 2.67 bits per heavy atom. The Bertz CT molecular complexity index is 652. The van der Waals surface area contributed by atoms with Crippen LogP contribution in [0.5, 0.6) is 5.75 Å². The number of pyridine rings is 1. The molecule has 114 valence electrons. The van der Waals surface area contributed by atoms with Gasteiger partial charge in [0.05, 0.1) is 29.6 Å². The average Bonchev–Trinajstić information content (AvgIpc) is 2.49. The van der Waals surface area contributed by atoms with Crippen LogP contribution in [0.15, 0.2) is 28.1 Å². The molecule has 2 heterocycles. The zero-order chi connectivity index (χ0) is 15.8. The van der Waals surface area contributed by atoms with Gasteiger partial charge in [0.2, 0.25) is 5.43 Å². The van der Waals surface area contributed by atoms with Crippen LogP contribution in [-0.4, -0.2) is 30.7 Å². The maximum absolute atomic E-state index is 13.0. The van der Waals surface area contributed by atoms with Crippen molar-refractivity contribution in [3.8, 4) is 5.75 Å². The van der Waals surface area contributed by atoms with Gasteiger partial charge < -0.3 is 14.0 Å². The maximum Gasteiger partial charge on any atom is 0.238 e. The van der Waals surface area contributed by atoms with Crippen molar-refractivity contribution in [2.45, 2.75) is 26.0 Å². The molecule has 0 saturated carbocycles. The highest BCUT2D eigenvalue weighted by Crippen LogP contribution is 2.40. The van der Waals surface area contributed by atoms with Crippen molar-refractivity contribution in [3.05, 3.63) is 39.2 Å². The number of carbonyl (C=O) groups is 1. The first-order valence-corrected chi connectivity index (χ1v) is 7.44. The molecule has 2 atom stereocenters. The monoisotopic (exact) mass is 355 g/mol. The molecule has 0 bridgehead atoms. The summed E-state index contributed by atoms with van der Waals surface area (Å²) in [6.45, 7) is 6.16. The molecule has 1 aromatic rings. The van der Waals surface area contributed by atoms with E-state index in [4.69, 9.17) is 9.47 Å². The Balaban J connectivity index is 2.78. The lowest BCUT2D eigenvalue weighted by atomic mass is 9.72. The van der Waals surface area contributed by atoms with Crippen molar-refractivity contribution in [1.29, 1.82) is 0 Å².